The number of fused-ring (bicyclic) bond motifs is 1. The van der Waals surface area contributed by atoms with E-state index in [1.807, 2.05) is 24.3 Å². The van der Waals surface area contributed by atoms with Crippen molar-refractivity contribution in [1.82, 2.24) is 4.98 Å². The molecule has 3 rings (SSSR count). The summed E-state index contributed by atoms with van der Waals surface area (Å²) < 4.78 is 1.12. The van der Waals surface area contributed by atoms with Gasteiger partial charge in [-0.3, -0.25) is 4.79 Å². The number of hydrogen-bond acceptors (Lipinski definition) is 4. The van der Waals surface area contributed by atoms with Crippen LogP contribution in [0.1, 0.15) is 31.7 Å². The maximum Gasteiger partial charge on any atom is 0.226 e. The van der Waals surface area contributed by atoms with Gasteiger partial charge in [-0.25, -0.2) is 4.98 Å². The molecule has 0 unspecified atom stereocenters. The SMILES string of the molecule is CC(C)c1ccc2nc(NC(=O)CCSc3ccccc3)sc2c1. The van der Waals surface area contributed by atoms with Crippen molar-refractivity contribution in [3.8, 4) is 0 Å². The summed E-state index contributed by atoms with van der Waals surface area (Å²) in [5.74, 6) is 1.27. The van der Waals surface area contributed by atoms with Gasteiger partial charge in [-0.2, -0.15) is 0 Å². The van der Waals surface area contributed by atoms with Crippen LogP contribution in [0.4, 0.5) is 5.13 Å². The van der Waals surface area contributed by atoms with E-state index in [-0.39, 0.29) is 5.91 Å². The predicted octanol–water partition coefficient (Wildman–Crippen LogP) is 5.54. The number of thiazole rings is 1. The van der Waals surface area contributed by atoms with E-state index in [2.05, 4.69) is 48.4 Å². The monoisotopic (exact) mass is 356 g/mol. The number of carbonyl (C=O) groups excluding carboxylic acids is 1. The average molecular weight is 357 g/mol. The molecule has 0 spiro atoms. The Morgan fingerprint density at radius 2 is 2.00 bits per heavy atom. The third-order valence-electron chi connectivity index (χ3n) is 3.67. The lowest BCUT2D eigenvalue weighted by Gasteiger charge is -2.03. The Balaban J connectivity index is 1.57. The molecule has 1 aromatic heterocycles. The van der Waals surface area contributed by atoms with Crippen LogP contribution in [0.25, 0.3) is 10.2 Å². The lowest BCUT2D eigenvalue weighted by molar-refractivity contribution is -0.115. The van der Waals surface area contributed by atoms with Crippen molar-refractivity contribution < 1.29 is 4.79 Å². The number of nitrogens with one attached hydrogen (secondary N) is 1. The lowest BCUT2D eigenvalue weighted by atomic mass is 10.0. The van der Waals surface area contributed by atoms with Crippen molar-refractivity contribution in [3.05, 3.63) is 54.1 Å². The van der Waals surface area contributed by atoms with E-state index >= 15 is 0 Å². The summed E-state index contributed by atoms with van der Waals surface area (Å²) in [6, 6.07) is 16.4. The smallest absolute Gasteiger partial charge is 0.226 e. The van der Waals surface area contributed by atoms with Crippen LogP contribution in [0.5, 0.6) is 0 Å². The predicted molar refractivity (Wildman–Crippen MR) is 104 cm³/mol. The van der Waals surface area contributed by atoms with Crippen LogP contribution >= 0.6 is 23.1 Å². The minimum atomic E-state index is 0.0153. The molecule has 3 nitrogen and oxygen atoms in total. The molecule has 1 amide bonds. The lowest BCUT2D eigenvalue weighted by Crippen LogP contribution is -2.11. The molecule has 1 N–H and O–H groups in total. The summed E-state index contributed by atoms with van der Waals surface area (Å²) in [5.41, 5.74) is 2.24. The fourth-order valence-electron chi connectivity index (χ4n) is 2.31. The second-order valence-electron chi connectivity index (χ2n) is 5.86. The topological polar surface area (TPSA) is 42.0 Å². The molecule has 0 radical (unpaired) electrons. The zero-order valence-electron chi connectivity index (χ0n) is 13.8. The van der Waals surface area contributed by atoms with Gasteiger partial charge in [-0.1, -0.05) is 49.4 Å². The molecular formula is C19H20N2OS2. The molecule has 0 fully saturated rings. The Morgan fingerprint density at radius 1 is 1.21 bits per heavy atom. The molecule has 0 saturated carbocycles. The van der Waals surface area contributed by atoms with Gasteiger partial charge >= 0.3 is 0 Å². The molecule has 2 aromatic carbocycles. The number of anilines is 1. The van der Waals surface area contributed by atoms with Crippen LogP contribution in [0, 0.1) is 0 Å². The average Bonchev–Trinajstić information content (AvgIpc) is 2.96. The molecule has 0 bridgehead atoms. The third kappa shape index (κ3) is 4.36. The number of nitrogens with zero attached hydrogens (tertiary/aromatic N) is 1. The minimum absolute atomic E-state index is 0.0153. The molecule has 0 saturated heterocycles. The molecule has 5 heteroatoms. The Kier molecular flexibility index (Phi) is 5.53. The first-order valence-corrected chi connectivity index (χ1v) is 9.80. The van der Waals surface area contributed by atoms with E-state index in [1.165, 1.54) is 21.8 Å². The number of amides is 1. The summed E-state index contributed by atoms with van der Waals surface area (Å²) in [6.07, 6.45) is 0.479. The molecular weight excluding hydrogens is 336 g/mol. The third-order valence-corrected chi connectivity index (χ3v) is 5.61. The zero-order chi connectivity index (χ0) is 16.9. The van der Waals surface area contributed by atoms with Crippen molar-refractivity contribution in [2.24, 2.45) is 0 Å². The van der Waals surface area contributed by atoms with Crippen LogP contribution in [-0.4, -0.2) is 16.6 Å². The molecule has 1 heterocycles. The van der Waals surface area contributed by atoms with Gasteiger partial charge in [-0.05, 0) is 35.7 Å². The van der Waals surface area contributed by atoms with Crippen molar-refractivity contribution in [1.29, 1.82) is 0 Å². The van der Waals surface area contributed by atoms with Gasteiger partial charge in [0, 0.05) is 17.1 Å². The quantitative estimate of drug-likeness (QED) is 0.590. The summed E-state index contributed by atoms with van der Waals surface area (Å²) in [4.78, 5) is 17.8. The van der Waals surface area contributed by atoms with E-state index < -0.39 is 0 Å². The Morgan fingerprint density at radius 3 is 2.75 bits per heavy atom. The van der Waals surface area contributed by atoms with Crippen molar-refractivity contribution in [2.45, 2.75) is 31.1 Å². The summed E-state index contributed by atoms with van der Waals surface area (Å²) in [7, 11) is 0. The van der Waals surface area contributed by atoms with Gasteiger partial charge in [0.25, 0.3) is 0 Å². The zero-order valence-corrected chi connectivity index (χ0v) is 15.4. The first-order valence-electron chi connectivity index (χ1n) is 8.00. The highest BCUT2D eigenvalue weighted by molar-refractivity contribution is 7.99. The van der Waals surface area contributed by atoms with E-state index in [0.717, 1.165) is 16.0 Å². The van der Waals surface area contributed by atoms with Crippen LogP contribution in [0.3, 0.4) is 0 Å². The molecule has 24 heavy (non-hydrogen) atoms. The van der Waals surface area contributed by atoms with Gasteiger partial charge in [0.15, 0.2) is 5.13 Å². The van der Waals surface area contributed by atoms with Crippen LogP contribution < -0.4 is 5.32 Å². The number of rotatable bonds is 6. The molecule has 0 aliphatic heterocycles. The number of thioether (sulfide) groups is 1. The van der Waals surface area contributed by atoms with Crippen molar-refractivity contribution in [3.63, 3.8) is 0 Å². The highest BCUT2D eigenvalue weighted by atomic mass is 32.2. The van der Waals surface area contributed by atoms with E-state index in [0.29, 0.717) is 17.5 Å². The highest BCUT2D eigenvalue weighted by Crippen LogP contribution is 2.29. The first kappa shape index (κ1) is 17.0. The molecule has 0 aliphatic carbocycles. The Hall–Kier alpha value is -1.85. The normalized spacial score (nSPS) is 11.1. The largest absolute Gasteiger partial charge is 0.302 e. The maximum absolute atomic E-state index is 12.1. The summed E-state index contributed by atoms with van der Waals surface area (Å²) in [6.45, 7) is 4.35. The molecule has 124 valence electrons. The van der Waals surface area contributed by atoms with Crippen LogP contribution in [0.2, 0.25) is 0 Å². The standard InChI is InChI=1S/C19H20N2OS2/c1-13(2)14-8-9-16-17(12-14)24-19(20-16)21-18(22)10-11-23-15-6-4-3-5-7-15/h3-9,12-13H,10-11H2,1-2H3,(H,20,21,22). The maximum atomic E-state index is 12.1. The number of hydrogen-bond donors (Lipinski definition) is 1. The Bertz CT molecular complexity index is 828. The summed E-state index contributed by atoms with van der Waals surface area (Å²) in [5, 5.41) is 3.60. The van der Waals surface area contributed by atoms with Gasteiger partial charge in [-0.15, -0.1) is 11.8 Å². The minimum Gasteiger partial charge on any atom is -0.302 e. The summed E-state index contributed by atoms with van der Waals surface area (Å²) >= 11 is 3.23. The fourth-order valence-corrected chi connectivity index (χ4v) is 4.12. The fraction of sp³-hybridized carbons (Fsp3) is 0.263. The number of carbonyl (C=O) groups is 1. The first-order chi connectivity index (χ1) is 11.6. The highest BCUT2D eigenvalue weighted by Gasteiger charge is 2.09. The van der Waals surface area contributed by atoms with Crippen LogP contribution in [0.15, 0.2) is 53.4 Å². The van der Waals surface area contributed by atoms with E-state index in [1.54, 1.807) is 11.8 Å². The second-order valence-corrected chi connectivity index (χ2v) is 8.06. The Labute approximate surface area is 150 Å². The number of benzene rings is 2. The number of aromatic nitrogens is 1. The van der Waals surface area contributed by atoms with Crippen LogP contribution in [-0.2, 0) is 4.79 Å². The van der Waals surface area contributed by atoms with Crippen molar-refractivity contribution >= 4 is 44.4 Å². The van der Waals surface area contributed by atoms with Crippen molar-refractivity contribution in [2.75, 3.05) is 11.1 Å². The molecule has 0 aliphatic rings. The second kappa shape index (κ2) is 7.81. The molecule has 0 atom stereocenters. The van der Waals surface area contributed by atoms with Gasteiger partial charge in [0.05, 0.1) is 10.2 Å². The van der Waals surface area contributed by atoms with Gasteiger partial charge < -0.3 is 5.32 Å². The van der Waals surface area contributed by atoms with E-state index in [9.17, 15) is 4.79 Å². The molecule has 3 aromatic rings. The van der Waals surface area contributed by atoms with Gasteiger partial charge in [0.1, 0.15) is 0 Å². The van der Waals surface area contributed by atoms with Gasteiger partial charge in [0.2, 0.25) is 5.91 Å². The van der Waals surface area contributed by atoms with E-state index in [4.69, 9.17) is 0 Å².